The number of aromatic amines is 1. The van der Waals surface area contributed by atoms with E-state index in [1.165, 1.54) is 0 Å². The third-order valence-corrected chi connectivity index (χ3v) is 4.00. The standard InChI is InChI=1S/C9H13N2O9P/c12-2-3-5(13)6(14)8(20-3)11-1-4(21(17,18)19)7(15)10-9(11)16/h1,3,5-6,8,12-14H,2H2,(H,10,15,16)(H2,17,18,19)/t3-,5?,6?,8-/m0/s1. The van der Waals surface area contributed by atoms with Crippen molar-refractivity contribution in [2.45, 2.75) is 24.5 Å². The Hall–Kier alpha value is -1.33. The fraction of sp³-hybridized carbons (Fsp3) is 0.556. The lowest BCUT2D eigenvalue weighted by Crippen LogP contribution is -2.43. The Morgan fingerprint density at radius 2 is 1.90 bits per heavy atom. The van der Waals surface area contributed by atoms with Gasteiger partial charge < -0.3 is 29.8 Å². The van der Waals surface area contributed by atoms with E-state index >= 15 is 0 Å². The van der Waals surface area contributed by atoms with Gasteiger partial charge in [0.25, 0.3) is 5.56 Å². The first-order valence-corrected chi connectivity index (χ1v) is 7.32. The summed E-state index contributed by atoms with van der Waals surface area (Å²) in [5, 5.41) is 27.3. The van der Waals surface area contributed by atoms with Crippen LogP contribution in [-0.4, -0.2) is 59.6 Å². The Morgan fingerprint density at radius 3 is 2.38 bits per heavy atom. The van der Waals surface area contributed by atoms with Crippen LogP contribution in [0.15, 0.2) is 15.8 Å². The van der Waals surface area contributed by atoms with Gasteiger partial charge in [0.15, 0.2) is 6.23 Å². The Morgan fingerprint density at radius 1 is 1.29 bits per heavy atom. The molecule has 118 valence electrons. The number of rotatable bonds is 3. The molecule has 11 nitrogen and oxygen atoms in total. The molecule has 1 aromatic heterocycles. The molecule has 1 aliphatic rings. The molecule has 2 unspecified atom stereocenters. The number of aliphatic hydroxyl groups is 3. The van der Waals surface area contributed by atoms with Gasteiger partial charge in [0, 0.05) is 6.20 Å². The highest BCUT2D eigenvalue weighted by Crippen LogP contribution is 2.32. The molecule has 21 heavy (non-hydrogen) atoms. The van der Waals surface area contributed by atoms with Crippen molar-refractivity contribution in [3.8, 4) is 0 Å². The molecule has 1 fully saturated rings. The maximum Gasteiger partial charge on any atom is 0.363 e. The summed E-state index contributed by atoms with van der Waals surface area (Å²) >= 11 is 0. The van der Waals surface area contributed by atoms with E-state index in [0.717, 1.165) is 0 Å². The van der Waals surface area contributed by atoms with E-state index in [2.05, 4.69) is 0 Å². The molecule has 1 saturated heterocycles. The minimum atomic E-state index is -4.95. The lowest BCUT2D eigenvalue weighted by molar-refractivity contribution is -0.0549. The number of nitrogens with zero attached hydrogens (tertiary/aromatic N) is 1. The molecule has 0 radical (unpaired) electrons. The highest BCUT2D eigenvalue weighted by molar-refractivity contribution is 7.60. The lowest BCUT2D eigenvalue weighted by Gasteiger charge is -2.18. The average Bonchev–Trinajstić information content (AvgIpc) is 2.65. The Bertz CT molecular complexity index is 691. The first-order chi connectivity index (χ1) is 9.66. The van der Waals surface area contributed by atoms with Crippen LogP contribution in [0.25, 0.3) is 0 Å². The molecular formula is C9H13N2O9P. The van der Waals surface area contributed by atoms with Crippen molar-refractivity contribution in [2.24, 2.45) is 0 Å². The summed E-state index contributed by atoms with van der Waals surface area (Å²) in [5.74, 6) is 0. The van der Waals surface area contributed by atoms with Crippen molar-refractivity contribution in [1.82, 2.24) is 9.55 Å². The monoisotopic (exact) mass is 324 g/mol. The molecule has 2 heterocycles. The second kappa shape index (κ2) is 5.46. The molecule has 1 aliphatic heterocycles. The van der Waals surface area contributed by atoms with Crippen LogP contribution >= 0.6 is 7.60 Å². The largest absolute Gasteiger partial charge is 0.394 e. The summed E-state index contributed by atoms with van der Waals surface area (Å²) in [6.07, 6.45) is -5.26. The van der Waals surface area contributed by atoms with Gasteiger partial charge in [-0.1, -0.05) is 0 Å². The summed E-state index contributed by atoms with van der Waals surface area (Å²) in [4.78, 5) is 42.8. The third-order valence-electron chi connectivity index (χ3n) is 3.05. The number of hydrogen-bond donors (Lipinski definition) is 6. The minimum Gasteiger partial charge on any atom is -0.394 e. The fourth-order valence-electron chi connectivity index (χ4n) is 1.98. The van der Waals surface area contributed by atoms with Gasteiger partial charge in [-0.15, -0.1) is 0 Å². The van der Waals surface area contributed by atoms with Gasteiger partial charge in [0.05, 0.1) is 6.61 Å². The second-order valence-corrected chi connectivity index (χ2v) is 6.02. The molecule has 4 atom stereocenters. The van der Waals surface area contributed by atoms with Gasteiger partial charge >= 0.3 is 13.3 Å². The van der Waals surface area contributed by atoms with Crippen LogP contribution in [0.1, 0.15) is 6.23 Å². The van der Waals surface area contributed by atoms with Crippen LogP contribution < -0.4 is 16.6 Å². The normalized spacial score (nSPS) is 29.8. The minimum absolute atomic E-state index is 0.541. The van der Waals surface area contributed by atoms with Gasteiger partial charge in [-0.3, -0.25) is 18.9 Å². The number of ether oxygens (including phenoxy) is 1. The van der Waals surface area contributed by atoms with E-state index in [4.69, 9.17) is 19.6 Å². The molecule has 0 saturated carbocycles. The van der Waals surface area contributed by atoms with Gasteiger partial charge in [0.2, 0.25) is 0 Å². The van der Waals surface area contributed by atoms with E-state index in [-0.39, 0.29) is 0 Å². The van der Waals surface area contributed by atoms with Gasteiger partial charge in [-0.25, -0.2) is 4.79 Å². The third kappa shape index (κ3) is 2.85. The molecule has 0 aliphatic carbocycles. The van der Waals surface area contributed by atoms with Crippen molar-refractivity contribution in [3.05, 3.63) is 27.0 Å². The fourth-order valence-corrected chi connectivity index (χ4v) is 2.58. The summed E-state index contributed by atoms with van der Waals surface area (Å²) < 4.78 is 16.8. The topological polar surface area (TPSA) is 182 Å². The highest BCUT2D eigenvalue weighted by atomic mass is 31.2. The molecule has 12 heteroatoms. The molecule has 0 bridgehead atoms. The van der Waals surface area contributed by atoms with Crippen LogP contribution in [0, 0.1) is 0 Å². The van der Waals surface area contributed by atoms with Gasteiger partial charge in [-0.05, 0) is 0 Å². The van der Waals surface area contributed by atoms with E-state index < -0.39 is 55.3 Å². The van der Waals surface area contributed by atoms with Crippen molar-refractivity contribution in [2.75, 3.05) is 6.61 Å². The molecule has 6 N–H and O–H groups in total. The summed E-state index contributed by atoms with van der Waals surface area (Å²) in [6.45, 7) is -0.641. The highest BCUT2D eigenvalue weighted by Gasteiger charge is 2.44. The maximum atomic E-state index is 11.7. The number of aliphatic hydroxyl groups excluding tert-OH is 3. The zero-order chi connectivity index (χ0) is 15.9. The smallest absolute Gasteiger partial charge is 0.363 e. The Kier molecular flexibility index (Phi) is 4.17. The van der Waals surface area contributed by atoms with E-state index in [1.807, 2.05) is 0 Å². The first kappa shape index (κ1) is 16.0. The number of hydrogen-bond acceptors (Lipinski definition) is 7. The van der Waals surface area contributed by atoms with E-state index in [0.29, 0.717) is 10.8 Å². The lowest BCUT2D eigenvalue weighted by atomic mass is 10.1. The van der Waals surface area contributed by atoms with Gasteiger partial charge in [-0.2, -0.15) is 0 Å². The molecule has 0 aromatic carbocycles. The number of nitrogens with one attached hydrogen (secondary N) is 1. The average molecular weight is 324 g/mol. The van der Waals surface area contributed by atoms with Crippen LogP contribution in [0.2, 0.25) is 0 Å². The van der Waals surface area contributed by atoms with Crippen LogP contribution in [-0.2, 0) is 9.30 Å². The van der Waals surface area contributed by atoms with Crippen molar-refractivity contribution in [1.29, 1.82) is 0 Å². The predicted molar refractivity (Wildman–Crippen MR) is 66.0 cm³/mol. The molecule has 2 rings (SSSR count). The Balaban J connectivity index is 2.53. The zero-order valence-electron chi connectivity index (χ0n) is 10.4. The van der Waals surface area contributed by atoms with E-state index in [1.54, 1.807) is 4.98 Å². The van der Waals surface area contributed by atoms with E-state index in [9.17, 15) is 24.4 Å². The number of H-pyrrole nitrogens is 1. The maximum absolute atomic E-state index is 11.7. The summed E-state index contributed by atoms with van der Waals surface area (Å²) in [6, 6.07) is 0. The Labute approximate surface area is 116 Å². The van der Waals surface area contributed by atoms with Crippen LogP contribution in [0.3, 0.4) is 0 Å². The summed E-state index contributed by atoms with van der Waals surface area (Å²) in [5.41, 5.74) is -2.36. The van der Waals surface area contributed by atoms with Crippen LogP contribution in [0.5, 0.6) is 0 Å². The quantitative estimate of drug-likeness (QED) is 0.301. The summed E-state index contributed by atoms with van der Waals surface area (Å²) in [7, 11) is -4.95. The molecule has 0 amide bonds. The zero-order valence-corrected chi connectivity index (χ0v) is 11.3. The van der Waals surface area contributed by atoms with Crippen molar-refractivity contribution < 1.29 is 34.4 Å². The first-order valence-electron chi connectivity index (χ1n) is 5.71. The van der Waals surface area contributed by atoms with Crippen molar-refractivity contribution in [3.63, 3.8) is 0 Å². The van der Waals surface area contributed by atoms with Gasteiger partial charge in [0.1, 0.15) is 23.6 Å². The molecule has 0 spiro atoms. The van der Waals surface area contributed by atoms with Crippen LogP contribution in [0.4, 0.5) is 0 Å². The SMILES string of the molecule is O=c1[nH]c(=O)n([C@H]2O[C@@H](CO)C(O)C2O)cc1P(=O)(O)O. The van der Waals surface area contributed by atoms with Crippen molar-refractivity contribution >= 4 is 12.9 Å². The second-order valence-electron chi connectivity index (χ2n) is 4.45. The predicted octanol–water partition coefficient (Wildman–Crippen LogP) is -4.05. The molecular weight excluding hydrogens is 311 g/mol. The number of aromatic nitrogens is 2. The molecule has 1 aromatic rings.